The third-order valence-corrected chi connectivity index (χ3v) is 2.41. The number of ether oxygens (including phenoxy) is 1. The molecule has 0 spiro atoms. The molecule has 9 nitrogen and oxygen atoms in total. The van der Waals surface area contributed by atoms with Gasteiger partial charge in [-0.2, -0.15) is 0 Å². The van der Waals surface area contributed by atoms with Gasteiger partial charge in [0.25, 0.3) is 11.6 Å². The molecule has 1 rings (SSSR count). The summed E-state index contributed by atoms with van der Waals surface area (Å²) in [5.41, 5.74) is -0.345. The molecule has 0 saturated carbocycles. The van der Waals surface area contributed by atoms with Crippen LogP contribution < -0.4 is 10.6 Å². The quantitative estimate of drug-likeness (QED) is 0.352. The van der Waals surface area contributed by atoms with E-state index in [0.29, 0.717) is 0 Å². The second-order valence-corrected chi connectivity index (χ2v) is 4.01. The molecule has 2 N–H and O–H groups in total. The van der Waals surface area contributed by atoms with Crippen LogP contribution in [0.2, 0.25) is 0 Å². The summed E-state index contributed by atoms with van der Waals surface area (Å²) in [6.45, 7) is 1.23. The Morgan fingerprint density at radius 3 is 2.27 bits per heavy atom. The summed E-state index contributed by atoms with van der Waals surface area (Å²) in [6, 6.07) is 4.79. The predicted molar refractivity (Wildman–Crippen MR) is 74.5 cm³/mol. The van der Waals surface area contributed by atoms with Crippen molar-refractivity contribution in [3.8, 4) is 0 Å². The Morgan fingerprint density at radius 1 is 1.23 bits per heavy atom. The first-order valence-electron chi connectivity index (χ1n) is 5.96. The van der Waals surface area contributed by atoms with Gasteiger partial charge in [0.15, 0.2) is 0 Å². The zero-order valence-corrected chi connectivity index (χ0v) is 11.8. The minimum atomic E-state index is -0.857. The lowest BCUT2D eigenvalue weighted by Crippen LogP contribution is -2.30. The zero-order chi connectivity index (χ0) is 16.7. The number of nitrogens with one attached hydrogen (secondary N) is 2. The molecule has 0 aliphatic carbocycles. The van der Waals surface area contributed by atoms with Crippen molar-refractivity contribution < 1.29 is 24.0 Å². The van der Waals surface area contributed by atoms with Gasteiger partial charge in [-0.15, -0.1) is 0 Å². The Labute approximate surface area is 125 Å². The standard InChI is InChI=1S/C13H13N3O6/c1-8(17)14-7-11(13(19)22-2)15-12(18)9-3-5-10(6-4-9)16(20)21/h3-7H,1-2H3,(H,14,17)(H,15,18)/b11-7+. The molecule has 0 saturated heterocycles. The number of hydrogen-bond donors (Lipinski definition) is 2. The average Bonchev–Trinajstić information content (AvgIpc) is 2.50. The Kier molecular flexibility index (Phi) is 5.75. The average molecular weight is 307 g/mol. The molecule has 0 aromatic heterocycles. The number of non-ortho nitro benzene ring substituents is 1. The molecule has 116 valence electrons. The Balaban J connectivity index is 2.90. The van der Waals surface area contributed by atoms with Crippen LogP contribution in [0.25, 0.3) is 0 Å². The van der Waals surface area contributed by atoms with E-state index in [9.17, 15) is 24.5 Å². The summed E-state index contributed by atoms with van der Waals surface area (Å²) in [5.74, 6) is -1.98. The van der Waals surface area contributed by atoms with Crippen LogP contribution in [0, 0.1) is 10.1 Å². The zero-order valence-electron chi connectivity index (χ0n) is 11.8. The molecule has 0 aliphatic heterocycles. The minimum Gasteiger partial charge on any atom is -0.464 e. The van der Waals surface area contributed by atoms with Crippen LogP contribution >= 0.6 is 0 Å². The predicted octanol–water partition coefficient (Wildman–Crippen LogP) is 0.475. The van der Waals surface area contributed by atoms with Gasteiger partial charge in [0.2, 0.25) is 5.91 Å². The van der Waals surface area contributed by atoms with Gasteiger partial charge in [-0.05, 0) is 12.1 Å². The van der Waals surface area contributed by atoms with E-state index in [0.717, 1.165) is 25.4 Å². The first kappa shape index (κ1) is 16.8. The van der Waals surface area contributed by atoms with Gasteiger partial charge in [0.05, 0.1) is 12.0 Å². The van der Waals surface area contributed by atoms with E-state index in [1.54, 1.807) is 0 Å². The summed E-state index contributed by atoms with van der Waals surface area (Å²) in [6.07, 6.45) is 0.997. The maximum Gasteiger partial charge on any atom is 0.356 e. The number of amides is 2. The van der Waals surface area contributed by atoms with Gasteiger partial charge in [0.1, 0.15) is 5.70 Å². The van der Waals surface area contributed by atoms with E-state index in [1.807, 2.05) is 0 Å². The first-order chi connectivity index (χ1) is 10.3. The van der Waals surface area contributed by atoms with E-state index in [2.05, 4.69) is 15.4 Å². The van der Waals surface area contributed by atoms with Crippen LogP contribution in [0.5, 0.6) is 0 Å². The topological polar surface area (TPSA) is 128 Å². The number of carbonyl (C=O) groups is 3. The molecular formula is C13H13N3O6. The van der Waals surface area contributed by atoms with Crippen molar-refractivity contribution in [1.82, 2.24) is 10.6 Å². The van der Waals surface area contributed by atoms with Crippen molar-refractivity contribution in [2.45, 2.75) is 6.92 Å². The fourth-order valence-corrected chi connectivity index (χ4v) is 1.36. The lowest BCUT2D eigenvalue weighted by Gasteiger charge is -2.08. The fourth-order valence-electron chi connectivity index (χ4n) is 1.36. The van der Waals surface area contributed by atoms with Crippen LogP contribution in [0.1, 0.15) is 17.3 Å². The highest BCUT2D eigenvalue weighted by molar-refractivity contribution is 6.01. The van der Waals surface area contributed by atoms with Gasteiger partial charge in [0, 0.05) is 30.8 Å². The van der Waals surface area contributed by atoms with Gasteiger partial charge in [-0.25, -0.2) is 4.79 Å². The van der Waals surface area contributed by atoms with Crippen LogP contribution in [-0.4, -0.2) is 29.8 Å². The number of nitro groups is 1. The summed E-state index contributed by atoms with van der Waals surface area (Å²) >= 11 is 0. The summed E-state index contributed by atoms with van der Waals surface area (Å²) in [7, 11) is 1.11. The molecule has 0 aliphatic rings. The second kappa shape index (κ2) is 7.53. The van der Waals surface area contributed by atoms with E-state index >= 15 is 0 Å². The molecule has 1 aromatic rings. The highest BCUT2D eigenvalue weighted by Gasteiger charge is 2.16. The molecule has 0 radical (unpaired) electrons. The van der Waals surface area contributed by atoms with Gasteiger partial charge >= 0.3 is 5.97 Å². The van der Waals surface area contributed by atoms with Gasteiger partial charge in [-0.3, -0.25) is 19.7 Å². The van der Waals surface area contributed by atoms with Crippen molar-refractivity contribution in [2.75, 3.05) is 7.11 Å². The van der Waals surface area contributed by atoms with Crippen molar-refractivity contribution in [3.63, 3.8) is 0 Å². The van der Waals surface area contributed by atoms with Crippen molar-refractivity contribution in [1.29, 1.82) is 0 Å². The summed E-state index contributed by atoms with van der Waals surface area (Å²) in [4.78, 5) is 44.2. The molecule has 0 unspecified atom stereocenters. The molecule has 2 amide bonds. The molecule has 22 heavy (non-hydrogen) atoms. The maximum atomic E-state index is 12.0. The third kappa shape index (κ3) is 4.71. The lowest BCUT2D eigenvalue weighted by atomic mass is 10.2. The smallest absolute Gasteiger partial charge is 0.356 e. The minimum absolute atomic E-state index is 0.100. The number of benzene rings is 1. The highest BCUT2D eigenvalue weighted by atomic mass is 16.6. The molecule has 0 heterocycles. The number of nitro benzene ring substituents is 1. The number of esters is 1. The fraction of sp³-hybridized carbons (Fsp3) is 0.154. The van der Waals surface area contributed by atoms with Crippen LogP contribution in [0.3, 0.4) is 0 Å². The van der Waals surface area contributed by atoms with E-state index in [1.165, 1.54) is 19.1 Å². The van der Waals surface area contributed by atoms with E-state index in [4.69, 9.17) is 0 Å². The Bertz CT molecular complexity index is 636. The van der Waals surface area contributed by atoms with Crippen molar-refractivity contribution in [2.24, 2.45) is 0 Å². The number of carbonyl (C=O) groups excluding carboxylic acids is 3. The summed E-state index contributed by atoms with van der Waals surface area (Å²) in [5, 5.41) is 15.0. The second-order valence-electron chi connectivity index (χ2n) is 4.01. The van der Waals surface area contributed by atoms with Gasteiger partial charge < -0.3 is 15.4 Å². The normalized spacial score (nSPS) is 10.5. The number of hydrogen-bond acceptors (Lipinski definition) is 6. The molecule has 9 heteroatoms. The molecule has 0 atom stereocenters. The van der Waals surface area contributed by atoms with Gasteiger partial charge in [-0.1, -0.05) is 0 Å². The number of methoxy groups -OCH3 is 1. The highest BCUT2D eigenvalue weighted by Crippen LogP contribution is 2.12. The molecule has 0 bridgehead atoms. The van der Waals surface area contributed by atoms with Crippen molar-refractivity contribution in [3.05, 3.63) is 51.8 Å². The maximum absolute atomic E-state index is 12.0. The largest absolute Gasteiger partial charge is 0.464 e. The Hall–Kier alpha value is -3.23. The van der Waals surface area contributed by atoms with Crippen LogP contribution in [-0.2, 0) is 14.3 Å². The molecular weight excluding hydrogens is 294 g/mol. The Morgan fingerprint density at radius 2 is 1.82 bits per heavy atom. The number of rotatable bonds is 5. The molecule has 1 aromatic carbocycles. The van der Waals surface area contributed by atoms with Crippen LogP contribution in [0.15, 0.2) is 36.2 Å². The third-order valence-electron chi connectivity index (χ3n) is 2.41. The summed E-state index contributed by atoms with van der Waals surface area (Å²) < 4.78 is 4.47. The molecule has 0 fully saturated rings. The van der Waals surface area contributed by atoms with E-state index < -0.39 is 22.7 Å². The SMILES string of the molecule is COC(=O)/C(=C\NC(C)=O)NC(=O)c1ccc([N+](=O)[O-])cc1. The van der Waals surface area contributed by atoms with Crippen molar-refractivity contribution >= 4 is 23.5 Å². The van der Waals surface area contributed by atoms with E-state index in [-0.39, 0.29) is 16.9 Å². The lowest BCUT2D eigenvalue weighted by molar-refractivity contribution is -0.384. The first-order valence-corrected chi connectivity index (χ1v) is 5.96. The monoisotopic (exact) mass is 307 g/mol. The van der Waals surface area contributed by atoms with Crippen LogP contribution in [0.4, 0.5) is 5.69 Å². The number of nitrogens with zero attached hydrogens (tertiary/aromatic N) is 1.